The molecular formula is C13H14Cl2N4O. The third-order valence-corrected chi connectivity index (χ3v) is 2.85. The number of hydrogen-bond acceptors (Lipinski definition) is 5. The topological polar surface area (TPSA) is 73.1 Å². The monoisotopic (exact) mass is 312 g/mol. The van der Waals surface area contributed by atoms with Gasteiger partial charge in [-0.1, -0.05) is 30.1 Å². The molecule has 0 spiro atoms. The van der Waals surface area contributed by atoms with Crippen LogP contribution in [0.3, 0.4) is 0 Å². The first-order valence-electron chi connectivity index (χ1n) is 6.06. The number of aromatic nitrogens is 2. The summed E-state index contributed by atoms with van der Waals surface area (Å²) in [6.07, 6.45) is 2.26. The molecule has 0 amide bonds. The predicted molar refractivity (Wildman–Crippen MR) is 82.0 cm³/mol. The van der Waals surface area contributed by atoms with Gasteiger partial charge in [-0.05, 0) is 24.6 Å². The Bertz CT molecular complexity index is 587. The van der Waals surface area contributed by atoms with Crippen molar-refractivity contribution >= 4 is 40.4 Å². The molecular weight excluding hydrogens is 299 g/mol. The van der Waals surface area contributed by atoms with Gasteiger partial charge in [-0.3, -0.25) is 0 Å². The van der Waals surface area contributed by atoms with Crippen LogP contribution in [0.25, 0.3) is 0 Å². The van der Waals surface area contributed by atoms with Crippen molar-refractivity contribution in [1.29, 1.82) is 0 Å². The predicted octanol–water partition coefficient (Wildman–Crippen LogP) is 3.90. The molecule has 5 nitrogen and oxygen atoms in total. The number of nitrogens with two attached hydrogens (primary N) is 1. The zero-order valence-corrected chi connectivity index (χ0v) is 12.4. The Morgan fingerprint density at radius 1 is 1.20 bits per heavy atom. The van der Waals surface area contributed by atoms with Gasteiger partial charge in [0.1, 0.15) is 12.0 Å². The van der Waals surface area contributed by atoms with Gasteiger partial charge in [0.25, 0.3) is 0 Å². The van der Waals surface area contributed by atoms with E-state index in [0.29, 0.717) is 39.7 Å². The number of benzene rings is 1. The normalized spacial score (nSPS) is 10.3. The molecule has 0 fully saturated rings. The lowest BCUT2D eigenvalue weighted by Gasteiger charge is -2.12. The van der Waals surface area contributed by atoms with Crippen LogP contribution in [-0.4, -0.2) is 16.6 Å². The quantitative estimate of drug-likeness (QED) is 0.876. The molecule has 2 aromatic rings. The molecule has 0 radical (unpaired) electrons. The molecule has 3 N–H and O–H groups in total. The maximum Gasteiger partial charge on any atom is 0.242 e. The summed E-state index contributed by atoms with van der Waals surface area (Å²) < 4.78 is 5.44. The highest BCUT2D eigenvalue weighted by Gasteiger charge is 2.10. The van der Waals surface area contributed by atoms with Gasteiger partial charge in [-0.2, -0.15) is 4.98 Å². The van der Waals surface area contributed by atoms with E-state index in [1.54, 1.807) is 18.2 Å². The van der Waals surface area contributed by atoms with Crippen LogP contribution in [0.4, 0.5) is 17.2 Å². The van der Waals surface area contributed by atoms with Crippen molar-refractivity contribution in [3.8, 4) is 5.88 Å². The van der Waals surface area contributed by atoms with E-state index in [2.05, 4.69) is 15.3 Å². The second-order valence-electron chi connectivity index (χ2n) is 4.07. The van der Waals surface area contributed by atoms with E-state index in [1.807, 2.05) is 6.92 Å². The van der Waals surface area contributed by atoms with Crippen molar-refractivity contribution in [2.24, 2.45) is 0 Å². The SMILES string of the molecule is CCCOc1ncnc(Nc2cc(Cl)cc(Cl)c2)c1N. The van der Waals surface area contributed by atoms with Crippen LogP contribution in [-0.2, 0) is 0 Å². The first-order valence-corrected chi connectivity index (χ1v) is 6.82. The van der Waals surface area contributed by atoms with Gasteiger partial charge in [-0.15, -0.1) is 0 Å². The Labute approximate surface area is 127 Å². The Balaban J connectivity index is 2.24. The summed E-state index contributed by atoms with van der Waals surface area (Å²) in [5.74, 6) is 0.807. The Kier molecular flexibility index (Phi) is 4.87. The minimum atomic E-state index is 0.344. The van der Waals surface area contributed by atoms with E-state index < -0.39 is 0 Å². The Morgan fingerprint density at radius 2 is 1.90 bits per heavy atom. The number of anilines is 3. The summed E-state index contributed by atoms with van der Waals surface area (Å²) in [5.41, 5.74) is 7.00. The Morgan fingerprint density at radius 3 is 2.55 bits per heavy atom. The molecule has 2 rings (SSSR count). The van der Waals surface area contributed by atoms with Crippen LogP contribution in [0.2, 0.25) is 10.0 Å². The van der Waals surface area contributed by atoms with E-state index in [-0.39, 0.29) is 0 Å². The second-order valence-corrected chi connectivity index (χ2v) is 4.95. The molecule has 1 heterocycles. The lowest BCUT2D eigenvalue weighted by atomic mass is 10.3. The molecule has 0 aliphatic carbocycles. The minimum absolute atomic E-state index is 0.344. The van der Waals surface area contributed by atoms with Gasteiger partial charge < -0.3 is 15.8 Å². The number of nitrogens with one attached hydrogen (secondary N) is 1. The number of ether oxygens (including phenoxy) is 1. The lowest BCUT2D eigenvalue weighted by molar-refractivity contribution is 0.307. The third kappa shape index (κ3) is 3.65. The largest absolute Gasteiger partial charge is 0.476 e. The highest BCUT2D eigenvalue weighted by Crippen LogP contribution is 2.30. The maximum absolute atomic E-state index is 5.97. The number of halogens is 2. The first-order chi connectivity index (χ1) is 9.60. The fourth-order valence-electron chi connectivity index (χ4n) is 1.56. The summed E-state index contributed by atoms with van der Waals surface area (Å²) in [7, 11) is 0. The van der Waals surface area contributed by atoms with Gasteiger partial charge in [0.15, 0.2) is 5.82 Å². The second kappa shape index (κ2) is 6.63. The van der Waals surface area contributed by atoms with Crippen LogP contribution in [0, 0.1) is 0 Å². The van der Waals surface area contributed by atoms with Crippen molar-refractivity contribution in [2.45, 2.75) is 13.3 Å². The standard InChI is InChI=1S/C13H14Cl2N4O/c1-2-3-20-13-11(16)12(17-7-18-13)19-10-5-8(14)4-9(15)6-10/h4-7H,2-3,16H2,1H3,(H,17,18,19). The van der Waals surface area contributed by atoms with E-state index in [1.165, 1.54) is 6.33 Å². The molecule has 0 atom stereocenters. The van der Waals surface area contributed by atoms with Crippen LogP contribution < -0.4 is 15.8 Å². The van der Waals surface area contributed by atoms with E-state index >= 15 is 0 Å². The van der Waals surface area contributed by atoms with Gasteiger partial charge in [0, 0.05) is 15.7 Å². The fourth-order valence-corrected chi connectivity index (χ4v) is 2.08. The average Bonchev–Trinajstić information content (AvgIpc) is 2.38. The Hall–Kier alpha value is -1.72. The third-order valence-electron chi connectivity index (χ3n) is 2.42. The van der Waals surface area contributed by atoms with Crippen molar-refractivity contribution in [1.82, 2.24) is 9.97 Å². The van der Waals surface area contributed by atoms with Gasteiger partial charge in [-0.25, -0.2) is 4.98 Å². The van der Waals surface area contributed by atoms with Gasteiger partial charge in [0.05, 0.1) is 6.61 Å². The van der Waals surface area contributed by atoms with Crippen LogP contribution in [0.15, 0.2) is 24.5 Å². The fraction of sp³-hybridized carbons (Fsp3) is 0.231. The lowest BCUT2D eigenvalue weighted by Crippen LogP contribution is -2.05. The number of rotatable bonds is 5. The van der Waals surface area contributed by atoms with Crippen molar-refractivity contribution in [3.05, 3.63) is 34.6 Å². The van der Waals surface area contributed by atoms with Gasteiger partial charge in [0.2, 0.25) is 5.88 Å². The number of hydrogen-bond donors (Lipinski definition) is 2. The highest BCUT2D eigenvalue weighted by molar-refractivity contribution is 6.35. The van der Waals surface area contributed by atoms with E-state index in [0.717, 1.165) is 6.42 Å². The minimum Gasteiger partial charge on any atom is -0.476 e. The zero-order chi connectivity index (χ0) is 14.5. The molecule has 20 heavy (non-hydrogen) atoms. The van der Waals surface area contributed by atoms with Crippen molar-refractivity contribution < 1.29 is 4.74 Å². The molecule has 0 bridgehead atoms. The molecule has 0 aliphatic heterocycles. The molecule has 0 aliphatic rings. The summed E-state index contributed by atoms with van der Waals surface area (Å²) in [4.78, 5) is 8.09. The summed E-state index contributed by atoms with van der Waals surface area (Å²) >= 11 is 11.9. The maximum atomic E-state index is 5.97. The molecule has 1 aromatic heterocycles. The van der Waals surface area contributed by atoms with Crippen molar-refractivity contribution in [3.63, 3.8) is 0 Å². The molecule has 0 unspecified atom stereocenters. The molecule has 0 saturated heterocycles. The van der Waals surface area contributed by atoms with Crippen LogP contribution in [0.1, 0.15) is 13.3 Å². The zero-order valence-electron chi connectivity index (χ0n) is 10.9. The van der Waals surface area contributed by atoms with E-state index in [4.69, 9.17) is 33.7 Å². The van der Waals surface area contributed by atoms with Crippen LogP contribution >= 0.6 is 23.2 Å². The molecule has 7 heteroatoms. The van der Waals surface area contributed by atoms with Crippen LogP contribution in [0.5, 0.6) is 5.88 Å². The first kappa shape index (κ1) is 14.7. The van der Waals surface area contributed by atoms with Crippen molar-refractivity contribution in [2.75, 3.05) is 17.7 Å². The molecule has 106 valence electrons. The van der Waals surface area contributed by atoms with E-state index in [9.17, 15) is 0 Å². The average molecular weight is 313 g/mol. The molecule has 0 saturated carbocycles. The van der Waals surface area contributed by atoms with Gasteiger partial charge >= 0.3 is 0 Å². The summed E-state index contributed by atoms with van der Waals surface area (Å²) in [6, 6.07) is 5.09. The smallest absolute Gasteiger partial charge is 0.242 e. The summed E-state index contributed by atoms with van der Waals surface area (Å²) in [5, 5.41) is 4.09. The molecule has 1 aromatic carbocycles. The summed E-state index contributed by atoms with van der Waals surface area (Å²) in [6.45, 7) is 2.55. The highest BCUT2D eigenvalue weighted by atomic mass is 35.5. The number of nitrogen functional groups attached to an aromatic ring is 1. The number of nitrogens with zero attached hydrogens (tertiary/aromatic N) is 2.